The van der Waals surface area contributed by atoms with Gasteiger partial charge in [-0.25, -0.2) is 0 Å². The number of carboxylic acid groups (broad SMARTS) is 1. The van der Waals surface area contributed by atoms with E-state index in [2.05, 4.69) is 30.6 Å². The molecule has 0 amide bonds. The molecule has 0 aliphatic carbocycles. The van der Waals surface area contributed by atoms with Crippen LogP contribution in [0, 0.1) is 23.7 Å². The normalized spacial score (nSPS) is 18.5. The molecule has 0 aromatic carbocycles. The number of hydrogen-bond acceptors (Lipinski definition) is 2. The summed E-state index contributed by atoms with van der Waals surface area (Å²) >= 11 is 0. The van der Waals surface area contributed by atoms with Crippen LogP contribution in [0.4, 0.5) is 0 Å². The Morgan fingerprint density at radius 3 is 1.87 bits per heavy atom. The molecule has 0 radical (unpaired) electrons. The van der Waals surface area contributed by atoms with Gasteiger partial charge in [-0.1, -0.05) is 6.92 Å². The minimum atomic E-state index is -0.739. The van der Waals surface area contributed by atoms with Gasteiger partial charge < -0.3 is 9.84 Å². The van der Waals surface area contributed by atoms with E-state index in [0.29, 0.717) is 25.0 Å². The van der Waals surface area contributed by atoms with Crippen LogP contribution in [0.2, 0.25) is 0 Å². The van der Waals surface area contributed by atoms with Crippen molar-refractivity contribution in [2.45, 2.75) is 96.2 Å². The average Bonchev–Trinajstić information content (AvgIpc) is 3.29. The first-order chi connectivity index (χ1) is 11.2. The summed E-state index contributed by atoms with van der Waals surface area (Å²) in [6, 6.07) is 0. The Morgan fingerprint density at radius 2 is 1.39 bits per heavy atom. The zero-order valence-corrected chi connectivity index (χ0v) is 14.4. The molecule has 3 heteroatoms. The van der Waals surface area contributed by atoms with Crippen LogP contribution in [0.1, 0.15) is 84.0 Å². The summed E-state index contributed by atoms with van der Waals surface area (Å²) < 4.78 is 5.52. The molecular formula is C20H30O3. The number of carboxylic acids is 1. The summed E-state index contributed by atoms with van der Waals surface area (Å²) in [5.41, 5.74) is 0. The Kier molecular flexibility index (Phi) is 11.1. The molecule has 0 bridgehead atoms. The molecule has 1 N–H and O–H groups in total. The molecule has 128 valence electrons. The molecule has 3 nitrogen and oxygen atoms in total. The van der Waals surface area contributed by atoms with Gasteiger partial charge in [0, 0.05) is 32.1 Å². The smallest absolute Gasteiger partial charge is 0.303 e. The Bertz CT molecular complexity index is 447. The fourth-order valence-electron chi connectivity index (χ4n) is 2.46. The molecule has 1 aliphatic heterocycles. The molecule has 1 fully saturated rings. The van der Waals surface area contributed by atoms with Crippen LogP contribution >= 0.6 is 0 Å². The number of ether oxygens (including phenoxy) is 1. The van der Waals surface area contributed by atoms with Gasteiger partial charge >= 0.3 is 5.97 Å². The van der Waals surface area contributed by atoms with Crippen LogP contribution in [0.5, 0.6) is 0 Å². The summed E-state index contributed by atoms with van der Waals surface area (Å²) in [7, 11) is 0. The lowest BCUT2D eigenvalue weighted by molar-refractivity contribution is -0.137. The van der Waals surface area contributed by atoms with E-state index in [1.54, 1.807) is 0 Å². The Morgan fingerprint density at radius 1 is 0.870 bits per heavy atom. The standard InChI is InChI=1S/C20H30O3/c1-2-18-19(23-18)16-14-12-10-8-6-4-3-5-7-9-11-13-15-17-20(21)22/h18-19H,2-5,7,10,12-17H2,1H3,(H,21,22). The summed E-state index contributed by atoms with van der Waals surface area (Å²) in [5, 5.41) is 8.49. The van der Waals surface area contributed by atoms with Crippen LogP contribution in [-0.4, -0.2) is 23.3 Å². The van der Waals surface area contributed by atoms with E-state index in [4.69, 9.17) is 9.84 Å². The molecule has 0 saturated carbocycles. The third kappa shape index (κ3) is 11.7. The van der Waals surface area contributed by atoms with Crippen molar-refractivity contribution < 1.29 is 14.6 Å². The Balaban J connectivity index is 1.80. The van der Waals surface area contributed by atoms with Crippen LogP contribution in [0.15, 0.2) is 0 Å². The van der Waals surface area contributed by atoms with E-state index in [-0.39, 0.29) is 6.42 Å². The van der Waals surface area contributed by atoms with E-state index in [1.165, 1.54) is 19.3 Å². The maximum absolute atomic E-state index is 10.3. The number of unbranched alkanes of at least 4 members (excludes halogenated alkanes) is 6. The number of carbonyl (C=O) groups is 1. The molecule has 1 heterocycles. The summed E-state index contributed by atoms with van der Waals surface area (Å²) in [4.78, 5) is 10.3. The highest BCUT2D eigenvalue weighted by molar-refractivity contribution is 5.66. The van der Waals surface area contributed by atoms with Crippen molar-refractivity contribution in [2.24, 2.45) is 0 Å². The SMILES string of the molecule is CCC1OC1CCCCC#CCCCCC#CCCCC(=O)O. The zero-order chi connectivity index (χ0) is 16.8. The van der Waals surface area contributed by atoms with Crippen molar-refractivity contribution in [3.8, 4) is 23.7 Å². The van der Waals surface area contributed by atoms with Gasteiger partial charge in [0.25, 0.3) is 0 Å². The van der Waals surface area contributed by atoms with Gasteiger partial charge in [0.05, 0.1) is 12.2 Å². The first-order valence-corrected chi connectivity index (χ1v) is 9.02. The van der Waals surface area contributed by atoms with Gasteiger partial charge in [-0.2, -0.15) is 0 Å². The fourth-order valence-corrected chi connectivity index (χ4v) is 2.46. The second-order valence-corrected chi connectivity index (χ2v) is 6.03. The third-order valence-corrected chi connectivity index (χ3v) is 3.93. The number of epoxide rings is 1. The zero-order valence-electron chi connectivity index (χ0n) is 14.4. The van der Waals surface area contributed by atoms with Crippen LogP contribution < -0.4 is 0 Å². The van der Waals surface area contributed by atoms with Crippen molar-refractivity contribution in [3.63, 3.8) is 0 Å². The molecule has 0 aromatic rings. The number of hydrogen-bond donors (Lipinski definition) is 1. The number of aliphatic carboxylic acids is 1. The first-order valence-electron chi connectivity index (χ1n) is 9.02. The molecule has 1 saturated heterocycles. The quantitative estimate of drug-likeness (QED) is 0.345. The topological polar surface area (TPSA) is 49.8 Å². The third-order valence-electron chi connectivity index (χ3n) is 3.93. The van der Waals surface area contributed by atoms with E-state index < -0.39 is 5.97 Å². The van der Waals surface area contributed by atoms with Gasteiger partial charge in [-0.3, -0.25) is 4.79 Å². The monoisotopic (exact) mass is 318 g/mol. The van der Waals surface area contributed by atoms with Crippen molar-refractivity contribution in [1.29, 1.82) is 0 Å². The molecule has 23 heavy (non-hydrogen) atoms. The molecule has 1 aliphatic rings. The molecule has 0 aromatic heterocycles. The maximum atomic E-state index is 10.3. The predicted molar refractivity (Wildman–Crippen MR) is 92.9 cm³/mol. The molecular weight excluding hydrogens is 288 g/mol. The summed E-state index contributed by atoms with van der Waals surface area (Å²) in [5.74, 6) is 11.9. The van der Waals surface area contributed by atoms with Crippen molar-refractivity contribution in [1.82, 2.24) is 0 Å². The van der Waals surface area contributed by atoms with Gasteiger partial charge in [-0.15, -0.1) is 23.7 Å². The lowest BCUT2D eigenvalue weighted by Gasteiger charge is -1.93. The number of rotatable bonds is 11. The van der Waals surface area contributed by atoms with Crippen LogP contribution in [0.3, 0.4) is 0 Å². The van der Waals surface area contributed by atoms with Gasteiger partial charge in [0.2, 0.25) is 0 Å². The van der Waals surface area contributed by atoms with E-state index in [1.807, 2.05) is 0 Å². The van der Waals surface area contributed by atoms with Gasteiger partial charge in [-0.05, 0) is 44.9 Å². The summed E-state index contributed by atoms with van der Waals surface area (Å²) in [6.07, 6.45) is 12.5. The highest BCUT2D eigenvalue weighted by atomic mass is 16.6. The van der Waals surface area contributed by atoms with Crippen molar-refractivity contribution in [3.05, 3.63) is 0 Å². The molecule has 1 rings (SSSR count). The van der Waals surface area contributed by atoms with E-state index in [0.717, 1.165) is 38.5 Å². The predicted octanol–water partition coefficient (Wildman–Crippen LogP) is 4.55. The van der Waals surface area contributed by atoms with Crippen LogP contribution in [-0.2, 0) is 9.53 Å². The van der Waals surface area contributed by atoms with Gasteiger partial charge in [0.15, 0.2) is 0 Å². The minimum Gasteiger partial charge on any atom is -0.481 e. The fraction of sp³-hybridized carbons (Fsp3) is 0.750. The van der Waals surface area contributed by atoms with E-state index >= 15 is 0 Å². The Hall–Kier alpha value is -1.45. The van der Waals surface area contributed by atoms with Crippen LogP contribution in [0.25, 0.3) is 0 Å². The second-order valence-electron chi connectivity index (χ2n) is 6.03. The minimum absolute atomic E-state index is 0.219. The molecule has 2 atom stereocenters. The largest absolute Gasteiger partial charge is 0.481 e. The first kappa shape index (κ1) is 19.6. The maximum Gasteiger partial charge on any atom is 0.303 e. The second kappa shape index (κ2) is 13.0. The molecule has 0 spiro atoms. The highest BCUT2D eigenvalue weighted by Crippen LogP contribution is 2.29. The van der Waals surface area contributed by atoms with Crippen molar-refractivity contribution >= 4 is 5.97 Å². The van der Waals surface area contributed by atoms with Crippen molar-refractivity contribution in [2.75, 3.05) is 0 Å². The highest BCUT2D eigenvalue weighted by Gasteiger charge is 2.35. The lowest BCUT2D eigenvalue weighted by atomic mass is 10.1. The molecule has 2 unspecified atom stereocenters. The Labute approximate surface area is 141 Å². The summed E-state index contributed by atoms with van der Waals surface area (Å²) in [6.45, 7) is 2.18. The van der Waals surface area contributed by atoms with E-state index in [9.17, 15) is 4.79 Å². The average molecular weight is 318 g/mol. The lowest BCUT2D eigenvalue weighted by Crippen LogP contribution is -1.92. The van der Waals surface area contributed by atoms with Gasteiger partial charge in [0.1, 0.15) is 0 Å².